The molecule has 0 saturated carbocycles. The van der Waals surface area contributed by atoms with E-state index in [1.165, 1.54) is 6.07 Å². The molecule has 1 nitrogen and oxygen atoms in total. The third-order valence-corrected chi connectivity index (χ3v) is 3.60. The number of rotatable bonds is 2. The Labute approximate surface area is 99.0 Å². The summed E-state index contributed by atoms with van der Waals surface area (Å²) in [6, 6.07) is 2.40. The fourth-order valence-corrected chi connectivity index (χ4v) is 2.59. The van der Waals surface area contributed by atoms with Gasteiger partial charge in [-0.05, 0) is 43.0 Å². The normalized spacial score (nSPS) is 24.9. The molecule has 1 N–H and O–H groups in total. The highest BCUT2D eigenvalue weighted by atomic mass is 19.2. The molecular formula is C13H16F3N. The Kier molecular flexibility index (Phi) is 3.72. The van der Waals surface area contributed by atoms with Crippen molar-refractivity contribution in [1.29, 1.82) is 0 Å². The lowest BCUT2D eigenvalue weighted by atomic mass is 9.79. The van der Waals surface area contributed by atoms with Gasteiger partial charge in [-0.25, -0.2) is 13.2 Å². The standard InChI is InChI=1S/C13H16F3N/c1-2-8-7-17-6-5-9(8)10-3-4-11(14)13(16)12(10)15/h3-4,8-9,17H,2,5-7H2,1H3. The van der Waals surface area contributed by atoms with E-state index >= 15 is 0 Å². The first-order chi connectivity index (χ1) is 8.15. The van der Waals surface area contributed by atoms with Crippen molar-refractivity contribution in [3.8, 4) is 0 Å². The molecule has 2 rings (SSSR count). The zero-order chi connectivity index (χ0) is 12.4. The third-order valence-electron chi connectivity index (χ3n) is 3.60. The van der Waals surface area contributed by atoms with Crippen LogP contribution in [0.2, 0.25) is 0 Å². The van der Waals surface area contributed by atoms with Crippen LogP contribution in [0, 0.1) is 23.4 Å². The minimum atomic E-state index is -1.35. The number of nitrogens with one attached hydrogen (secondary N) is 1. The summed E-state index contributed by atoms with van der Waals surface area (Å²) in [5.74, 6) is -3.22. The van der Waals surface area contributed by atoms with E-state index in [1.54, 1.807) is 0 Å². The van der Waals surface area contributed by atoms with Crippen LogP contribution < -0.4 is 5.32 Å². The van der Waals surface area contributed by atoms with Crippen LogP contribution in [0.1, 0.15) is 31.2 Å². The molecule has 94 valence electrons. The summed E-state index contributed by atoms with van der Waals surface area (Å²) < 4.78 is 39.8. The Morgan fingerprint density at radius 3 is 2.71 bits per heavy atom. The quantitative estimate of drug-likeness (QED) is 0.786. The van der Waals surface area contributed by atoms with Crippen molar-refractivity contribution in [3.63, 3.8) is 0 Å². The second kappa shape index (κ2) is 5.08. The highest BCUT2D eigenvalue weighted by Crippen LogP contribution is 2.34. The largest absolute Gasteiger partial charge is 0.316 e. The van der Waals surface area contributed by atoms with E-state index in [4.69, 9.17) is 0 Å². The van der Waals surface area contributed by atoms with Gasteiger partial charge in [-0.1, -0.05) is 19.4 Å². The highest BCUT2D eigenvalue weighted by molar-refractivity contribution is 5.25. The lowest BCUT2D eigenvalue weighted by Crippen LogP contribution is -2.35. The fourth-order valence-electron chi connectivity index (χ4n) is 2.59. The van der Waals surface area contributed by atoms with E-state index < -0.39 is 17.5 Å². The molecule has 0 bridgehead atoms. The third kappa shape index (κ3) is 2.32. The van der Waals surface area contributed by atoms with Crippen molar-refractivity contribution in [2.24, 2.45) is 5.92 Å². The van der Waals surface area contributed by atoms with Crippen molar-refractivity contribution in [3.05, 3.63) is 35.1 Å². The van der Waals surface area contributed by atoms with E-state index in [0.29, 0.717) is 5.56 Å². The van der Waals surface area contributed by atoms with Gasteiger partial charge >= 0.3 is 0 Å². The number of hydrogen-bond donors (Lipinski definition) is 1. The van der Waals surface area contributed by atoms with Gasteiger partial charge in [-0.3, -0.25) is 0 Å². The van der Waals surface area contributed by atoms with Crippen molar-refractivity contribution in [2.45, 2.75) is 25.7 Å². The van der Waals surface area contributed by atoms with E-state index in [-0.39, 0.29) is 11.8 Å². The minimum Gasteiger partial charge on any atom is -0.316 e. The van der Waals surface area contributed by atoms with Crippen LogP contribution in [0.15, 0.2) is 12.1 Å². The molecule has 2 unspecified atom stereocenters. The monoisotopic (exact) mass is 243 g/mol. The first kappa shape index (κ1) is 12.4. The highest BCUT2D eigenvalue weighted by Gasteiger charge is 2.28. The summed E-state index contributed by atoms with van der Waals surface area (Å²) in [4.78, 5) is 0. The van der Waals surface area contributed by atoms with Gasteiger partial charge in [0.05, 0.1) is 0 Å². The molecule has 17 heavy (non-hydrogen) atoms. The minimum absolute atomic E-state index is 0.0173. The van der Waals surface area contributed by atoms with Gasteiger partial charge in [0.15, 0.2) is 17.5 Å². The number of hydrogen-bond acceptors (Lipinski definition) is 1. The molecule has 1 aliphatic rings. The Bertz CT molecular complexity index is 406. The molecular weight excluding hydrogens is 227 g/mol. The lowest BCUT2D eigenvalue weighted by Gasteiger charge is -2.32. The van der Waals surface area contributed by atoms with Crippen molar-refractivity contribution in [1.82, 2.24) is 5.32 Å². The molecule has 0 spiro atoms. The molecule has 4 heteroatoms. The molecule has 1 heterocycles. The van der Waals surface area contributed by atoms with Crippen molar-refractivity contribution < 1.29 is 13.2 Å². The van der Waals surface area contributed by atoms with Crippen molar-refractivity contribution in [2.75, 3.05) is 13.1 Å². The second-order valence-corrected chi connectivity index (χ2v) is 4.53. The van der Waals surface area contributed by atoms with Crippen LogP contribution >= 0.6 is 0 Å². The molecule has 1 saturated heterocycles. The summed E-state index contributed by atoms with van der Waals surface area (Å²) in [5.41, 5.74) is 0.317. The fraction of sp³-hybridized carbons (Fsp3) is 0.538. The molecule has 0 amide bonds. The van der Waals surface area contributed by atoms with Gasteiger partial charge in [-0.15, -0.1) is 0 Å². The molecule has 2 atom stereocenters. The first-order valence-electron chi connectivity index (χ1n) is 5.99. The topological polar surface area (TPSA) is 12.0 Å². The number of piperidine rings is 1. The molecule has 1 aromatic carbocycles. The molecule has 1 aliphatic heterocycles. The predicted molar refractivity (Wildman–Crippen MR) is 60.3 cm³/mol. The van der Waals surface area contributed by atoms with Crippen LogP contribution in [0.3, 0.4) is 0 Å². The average Bonchev–Trinajstić information content (AvgIpc) is 2.36. The summed E-state index contributed by atoms with van der Waals surface area (Å²) in [6.45, 7) is 3.63. The van der Waals surface area contributed by atoms with Gasteiger partial charge in [-0.2, -0.15) is 0 Å². The van der Waals surface area contributed by atoms with E-state index in [1.807, 2.05) is 6.92 Å². The Morgan fingerprint density at radius 2 is 2.00 bits per heavy atom. The summed E-state index contributed by atoms with van der Waals surface area (Å²) in [6.07, 6.45) is 1.66. The maximum absolute atomic E-state index is 13.7. The predicted octanol–water partition coefficient (Wildman–Crippen LogP) is 3.21. The van der Waals surface area contributed by atoms with Crippen LogP contribution in [-0.4, -0.2) is 13.1 Å². The van der Waals surface area contributed by atoms with E-state index in [9.17, 15) is 13.2 Å². The zero-order valence-electron chi connectivity index (χ0n) is 9.77. The smallest absolute Gasteiger partial charge is 0.194 e. The van der Waals surface area contributed by atoms with Gasteiger partial charge < -0.3 is 5.32 Å². The van der Waals surface area contributed by atoms with Crippen LogP contribution in [0.25, 0.3) is 0 Å². The first-order valence-corrected chi connectivity index (χ1v) is 5.99. The summed E-state index contributed by atoms with van der Waals surface area (Å²) >= 11 is 0. The lowest BCUT2D eigenvalue weighted by molar-refractivity contribution is 0.307. The molecule has 0 aromatic heterocycles. The zero-order valence-corrected chi connectivity index (χ0v) is 9.77. The summed E-state index contributed by atoms with van der Waals surface area (Å²) in [5, 5.41) is 3.24. The van der Waals surface area contributed by atoms with E-state index in [0.717, 1.165) is 32.0 Å². The maximum atomic E-state index is 13.7. The Balaban J connectivity index is 2.35. The maximum Gasteiger partial charge on any atom is 0.194 e. The van der Waals surface area contributed by atoms with E-state index in [2.05, 4.69) is 5.32 Å². The summed E-state index contributed by atoms with van der Waals surface area (Å²) in [7, 11) is 0. The molecule has 1 fully saturated rings. The van der Waals surface area contributed by atoms with Gasteiger partial charge in [0.2, 0.25) is 0 Å². The number of halogens is 3. The van der Waals surface area contributed by atoms with Crippen molar-refractivity contribution >= 4 is 0 Å². The van der Waals surface area contributed by atoms with Gasteiger partial charge in [0.1, 0.15) is 0 Å². The van der Waals surface area contributed by atoms with Crippen LogP contribution in [0.4, 0.5) is 13.2 Å². The molecule has 1 aromatic rings. The molecule has 0 radical (unpaired) electrons. The Hall–Kier alpha value is -1.03. The average molecular weight is 243 g/mol. The Morgan fingerprint density at radius 1 is 1.24 bits per heavy atom. The van der Waals surface area contributed by atoms with Crippen LogP contribution in [-0.2, 0) is 0 Å². The van der Waals surface area contributed by atoms with Gasteiger partial charge in [0, 0.05) is 0 Å². The molecule has 0 aliphatic carbocycles. The second-order valence-electron chi connectivity index (χ2n) is 4.53. The van der Waals surface area contributed by atoms with Crippen LogP contribution in [0.5, 0.6) is 0 Å². The van der Waals surface area contributed by atoms with Gasteiger partial charge in [0.25, 0.3) is 0 Å². The number of benzene rings is 1. The SMILES string of the molecule is CCC1CNCCC1c1ccc(F)c(F)c1F.